The molecule has 0 unspecified atom stereocenters. The first-order chi connectivity index (χ1) is 7.27. The Morgan fingerprint density at radius 1 is 1.40 bits per heavy atom. The summed E-state index contributed by atoms with van der Waals surface area (Å²) in [6.07, 6.45) is 6.20. The molecule has 1 aromatic heterocycles. The van der Waals surface area contributed by atoms with Crippen molar-refractivity contribution in [3.05, 3.63) is 18.6 Å². The van der Waals surface area contributed by atoms with Crippen molar-refractivity contribution in [1.82, 2.24) is 9.97 Å². The fraction of sp³-hybridized carbons (Fsp3) is 0.500. The maximum absolute atomic E-state index is 10.6. The summed E-state index contributed by atoms with van der Waals surface area (Å²) in [5.74, 6) is -0.430. The van der Waals surface area contributed by atoms with Gasteiger partial charge in [-0.25, -0.2) is 4.98 Å². The van der Waals surface area contributed by atoms with E-state index in [1.807, 2.05) is 4.90 Å². The van der Waals surface area contributed by atoms with Crippen LogP contribution in [0.3, 0.4) is 0 Å². The molecule has 0 saturated carbocycles. The number of carboxylic acid groups (broad SMARTS) is 1. The van der Waals surface area contributed by atoms with Gasteiger partial charge in [0.2, 0.25) is 0 Å². The number of carbonyl (C=O) groups is 1. The number of carbonyl (C=O) groups excluding carboxylic acids is 1. The third kappa shape index (κ3) is 2.23. The van der Waals surface area contributed by atoms with Crippen LogP contribution in [0.15, 0.2) is 18.6 Å². The van der Waals surface area contributed by atoms with E-state index in [-0.39, 0.29) is 5.92 Å². The Balaban J connectivity index is 1.97. The van der Waals surface area contributed by atoms with E-state index in [1.165, 1.54) is 0 Å². The zero-order chi connectivity index (χ0) is 10.7. The molecule has 1 aromatic rings. The van der Waals surface area contributed by atoms with Gasteiger partial charge in [0.1, 0.15) is 5.82 Å². The van der Waals surface area contributed by atoms with Gasteiger partial charge < -0.3 is 14.8 Å². The Labute approximate surface area is 87.8 Å². The number of piperidine rings is 1. The minimum absolute atomic E-state index is 0.307. The molecule has 0 radical (unpaired) electrons. The second kappa shape index (κ2) is 4.25. The summed E-state index contributed by atoms with van der Waals surface area (Å²) in [6.45, 7) is 1.41. The second-order valence-electron chi connectivity index (χ2n) is 3.64. The molecule has 15 heavy (non-hydrogen) atoms. The van der Waals surface area contributed by atoms with E-state index in [0.29, 0.717) is 25.9 Å². The largest absolute Gasteiger partial charge is 0.550 e. The second-order valence-corrected chi connectivity index (χ2v) is 3.64. The molecular weight excluding hydrogens is 194 g/mol. The zero-order valence-corrected chi connectivity index (χ0v) is 8.30. The monoisotopic (exact) mass is 206 g/mol. The van der Waals surface area contributed by atoms with Gasteiger partial charge in [0.05, 0.1) is 6.20 Å². The van der Waals surface area contributed by atoms with E-state index < -0.39 is 5.97 Å². The molecule has 1 aliphatic heterocycles. The Bertz CT molecular complexity index is 334. The third-order valence-corrected chi connectivity index (χ3v) is 2.70. The topological polar surface area (TPSA) is 69.2 Å². The number of aromatic nitrogens is 2. The Morgan fingerprint density at radius 2 is 2.13 bits per heavy atom. The lowest BCUT2D eigenvalue weighted by atomic mass is 9.97. The number of hydrogen-bond donors (Lipinski definition) is 0. The van der Waals surface area contributed by atoms with Crippen molar-refractivity contribution in [2.24, 2.45) is 5.92 Å². The van der Waals surface area contributed by atoms with E-state index >= 15 is 0 Å². The van der Waals surface area contributed by atoms with Gasteiger partial charge in [0, 0.05) is 37.4 Å². The minimum atomic E-state index is -0.936. The van der Waals surface area contributed by atoms with Crippen molar-refractivity contribution in [3.8, 4) is 0 Å². The highest BCUT2D eigenvalue weighted by Crippen LogP contribution is 2.20. The van der Waals surface area contributed by atoms with Crippen molar-refractivity contribution in [1.29, 1.82) is 0 Å². The van der Waals surface area contributed by atoms with Crippen LogP contribution >= 0.6 is 0 Å². The molecule has 1 aliphatic rings. The number of carboxylic acids is 1. The SMILES string of the molecule is O=C([O-])C1CCN(c2cnccn2)CC1. The molecule has 0 aromatic carbocycles. The van der Waals surface area contributed by atoms with E-state index in [2.05, 4.69) is 9.97 Å². The maximum atomic E-state index is 10.6. The van der Waals surface area contributed by atoms with Crippen molar-refractivity contribution >= 4 is 11.8 Å². The molecule has 0 N–H and O–H groups in total. The summed E-state index contributed by atoms with van der Waals surface area (Å²) >= 11 is 0. The Morgan fingerprint density at radius 3 is 2.67 bits per heavy atom. The molecule has 0 atom stereocenters. The van der Waals surface area contributed by atoms with Gasteiger partial charge in [-0.05, 0) is 12.8 Å². The molecule has 2 rings (SSSR count). The van der Waals surface area contributed by atoms with E-state index in [4.69, 9.17) is 0 Å². The lowest BCUT2D eigenvalue weighted by Gasteiger charge is -2.32. The van der Waals surface area contributed by atoms with Crippen LogP contribution in [-0.4, -0.2) is 29.0 Å². The van der Waals surface area contributed by atoms with Gasteiger partial charge >= 0.3 is 0 Å². The molecule has 0 amide bonds. The van der Waals surface area contributed by atoms with Crippen LogP contribution in [-0.2, 0) is 4.79 Å². The van der Waals surface area contributed by atoms with Gasteiger partial charge in [-0.15, -0.1) is 0 Å². The summed E-state index contributed by atoms with van der Waals surface area (Å²) in [5, 5.41) is 10.6. The molecule has 0 bridgehead atoms. The first kappa shape index (κ1) is 9.89. The Hall–Kier alpha value is -1.65. The van der Waals surface area contributed by atoms with Crippen LogP contribution in [0.1, 0.15) is 12.8 Å². The quantitative estimate of drug-likeness (QED) is 0.649. The fourth-order valence-electron chi connectivity index (χ4n) is 1.80. The molecule has 0 aliphatic carbocycles. The predicted molar refractivity (Wildman–Crippen MR) is 52.0 cm³/mol. The van der Waals surface area contributed by atoms with Gasteiger partial charge in [0.25, 0.3) is 0 Å². The molecule has 2 heterocycles. The number of nitrogens with zero attached hydrogens (tertiary/aromatic N) is 3. The highest BCUT2D eigenvalue weighted by atomic mass is 16.4. The van der Waals surface area contributed by atoms with E-state index in [1.54, 1.807) is 18.6 Å². The van der Waals surface area contributed by atoms with Gasteiger partial charge in [0.15, 0.2) is 0 Å². The van der Waals surface area contributed by atoms with Gasteiger partial charge in [-0.2, -0.15) is 0 Å². The summed E-state index contributed by atoms with van der Waals surface area (Å²) in [4.78, 5) is 20.8. The number of rotatable bonds is 2. The number of aliphatic carboxylic acids is 1. The Kier molecular flexibility index (Phi) is 2.80. The van der Waals surface area contributed by atoms with Crippen LogP contribution in [0.25, 0.3) is 0 Å². The average Bonchev–Trinajstić information content (AvgIpc) is 2.30. The van der Waals surface area contributed by atoms with Crippen molar-refractivity contribution in [2.75, 3.05) is 18.0 Å². The summed E-state index contributed by atoms with van der Waals surface area (Å²) in [7, 11) is 0. The maximum Gasteiger partial charge on any atom is 0.147 e. The number of hydrogen-bond acceptors (Lipinski definition) is 5. The van der Waals surface area contributed by atoms with Crippen LogP contribution in [0.5, 0.6) is 0 Å². The fourth-order valence-corrected chi connectivity index (χ4v) is 1.80. The molecule has 5 nitrogen and oxygen atoms in total. The molecule has 1 saturated heterocycles. The standard InChI is InChI=1S/C10H13N3O2/c14-10(15)8-1-5-13(6-2-8)9-7-11-3-4-12-9/h3-4,7-8H,1-2,5-6H2,(H,14,15)/p-1. The number of anilines is 1. The first-order valence-corrected chi connectivity index (χ1v) is 4.99. The zero-order valence-electron chi connectivity index (χ0n) is 8.30. The highest BCUT2D eigenvalue weighted by molar-refractivity contribution is 5.68. The molecule has 0 spiro atoms. The average molecular weight is 206 g/mol. The van der Waals surface area contributed by atoms with Crippen molar-refractivity contribution < 1.29 is 9.90 Å². The van der Waals surface area contributed by atoms with Crippen LogP contribution in [0.2, 0.25) is 0 Å². The lowest BCUT2D eigenvalue weighted by Crippen LogP contribution is -2.41. The molecule has 80 valence electrons. The van der Waals surface area contributed by atoms with Crippen LogP contribution < -0.4 is 10.0 Å². The lowest BCUT2D eigenvalue weighted by molar-refractivity contribution is -0.312. The smallest absolute Gasteiger partial charge is 0.147 e. The summed E-state index contributed by atoms with van der Waals surface area (Å²) in [6, 6.07) is 0. The van der Waals surface area contributed by atoms with Gasteiger partial charge in [-0.1, -0.05) is 0 Å². The van der Waals surface area contributed by atoms with Crippen molar-refractivity contribution in [2.45, 2.75) is 12.8 Å². The molecule has 1 fully saturated rings. The van der Waals surface area contributed by atoms with E-state index in [9.17, 15) is 9.90 Å². The summed E-state index contributed by atoms with van der Waals surface area (Å²) in [5.41, 5.74) is 0. The highest BCUT2D eigenvalue weighted by Gasteiger charge is 2.20. The molecular formula is C10H12N3O2-. The van der Waals surface area contributed by atoms with Gasteiger partial charge in [-0.3, -0.25) is 4.98 Å². The first-order valence-electron chi connectivity index (χ1n) is 4.99. The van der Waals surface area contributed by atoms with Crippen LogP contribution in [0, 0.1) is 5.92 Å². The van der Waals surface area contributed by atoms with Crippen molar-refractivity contribution in [3.63, 3.8) is 0 Å². The minimum Gasteiger partial charge on any atom is -0.550 e. The summed E-state index contributed by atoms with van der Waals surface area (Å²) < 4.78 is 0. The third-order valence-electron chi connectivity index (χ3n) is 2.70. The van der Waals surface area contributed by atoms with E-state index in [0.717, 1.165) is 5.82 Å². The molecule has 5 heteroatoms. The predicted octanol–water partition coefficient (Wildman–Crippen LogP) is -0.557. The van der Waals surface area contributed by atoms with Crippen LogP contribution in [0.4, 0.5) is 5.82 Å². The normalized spacial score (nSPS) is 17.7.